The molecule has 18 heavy (non-hydrogen) atoms. The number of amides is 1. The molecular weight excluding hydrogens is 224 g/mol. The molecule has 1 saturated heterocycles. The summed E-state index contributed by atoms with van der Waals surface area (Å²) in [6.45, 7) is 1.93. The molecule has 1 aromatic carbocycles. The van der Waals surface area contributed by atoms with Gasteiger partial charge >= 0.3 is 0 Å². The third-order valence-electron chi connectivity index (χ3n) is 4.36. The van der Waals surface area contributed by atoms with Crippen LogP contribution in [0.4, 0.5) is 0 Å². The topological polar surface area (TPSA) is 41.1 Å². The molecular formula is C15H20N2O. The first-order valence-electron chi connectivity index (χ1n) is 6.88. The second kappa shape index (κ2) is 4.73. The van der Waals surface area contributed by atoms with Crippen LogP contribution < -0.4 is 10.6 Å². The molecule has 1 aromatic rings. The highest BCUT2D eigenvalue weighted by molar-refractivity contribution is 5.89. The fraction of sp³-hybridized carbons (Fsp3) is 0.533. The Morgan fingerprint density at radius 1 is 1.28 bits per heavy atom. The molecule has 1 saturated carbocycles. The average Bonchev–Trinajstić information content (AvgIpc) is 2.82. The van der Waals surface area contributed by atoms with E-state index in [2.05, 4.69) is 22.8 Å². The molecule has 2 aliphatic rings. The first-order valence-corrected chi connectivity index (χ1v) is 6.88. The first kappa shape index (κ1) is 11.7. The number of hydrogen-bond acceptors (Lipinski definition) is 2. The average molecular weight is 244 g/mol. The van der Waals surface area contributed by atoms with Gasteiger partial charge in [0, 0.05) is 12.6 Å². The molecule has 2 N–H and O–H groups in total. The van der Waals surface area contributed by atoms with E-state index in [1.807, 2.05) is 18.2 Å². The summed E-state index contributed by atoms with van der Waals surface area (Å²) in [5.74, 6) is 0.230. The minimum atomic E-state index is -0.246. The van der Waals surface area contributed by atoms with E-state index in [4.69, 9.17) is 0 Å². The molecule has 0 radical (unpaired) electrons. The molecule has 0 spiro atoms. The normalized spacial score (nSPS) is 25.4. The molecule has 3 heteroatoms. The minimum Gasteiger partial charge on any atom is -0.351 e. The number of hydrogen-bond donors (Lipinski definition) is 2. The van der Waals surface area contributed by atoms with Crippen LogP contribution in [-0.2, 0) is 10.2 Å². The summed E-state index contributed by atoms with van der Waals surface area (Å²) >= 11 is 0. The number of nitrogens with one attached hydrogen (secondary N) is 2. The molecule has 0 aromatic heterocycles. The summed E-state index contributed by atoms with van der Waals surface area (Å²) in [5, 5.41) is 6.51. The molecule has 1 aliphatic carbocycles. The third-order valence-corrected chi connectivity index (χ3v) is 4.36. The Kier molecular flexibility index (Phi) is 3.08. The predicted octanol–water partition coefficient (Wildman–Crippen LogP) is 1.59. The van der Waals surface area contributed by atoms with E-state index in [1.54, 1.807) is 0 Å². The van der Waals surface area contributed by atoms with Crippen molar-refractivity contribution in [2.75, 3.05) is 13.1 Å². The van der Waals surface area contributed by atoms with Gasteiger partial charge in [0.25, 0.3) is 0 Å². The fourth-order valence-electron chi connectivity index (χ4n) is 3.04. The first-order chi connectivity index (χ1) is 8.81. The van der Waals surface area contributed by atoms with E-state index in [0.717, 1.165) is 38.8 Å². The summed E-state index contributed by atoms with van der Waals surface area (Å²) in [6, 6.07) is 10.6. The number of carbonyl (C=O) groups is 1. The van der Waals surface area contributed by atoms with Crippen molar-refractivity contribution in [1.29, 1.82) is 0 Å². The van der Waals surface area contributed by atoms with Gasteiger partial charge in [0.2, 0.25) is 5.91 Å². The Morgan fingerprint density at radius 3 is 2.61 bits per heavy atom. The van der Waals surface area contributed by atoms with E-state index < -0.39 is 0 Å². The molecule has 1 heterocycles. The highest BCUT2D eigenvalue weighted by atomic mass is 16.2. The Bertz CT molecular complexity index is 419. The van der Waals surface area contributed by atoms with Gasteiger partial charge in [-0.05, 0) is 31.4 Å². The predicted molar refractivity (Wildman–Crippen MR) is 71.4 cm³/mol. The Hall–Kier alpha value is -1.35. The van der Waals surface area contributed by atoms with Gasteiger partial charge < -0.3 is 10.6 Å². The fourth-order valence-corrected chi connectivity index (χ4v) is 3.04. The molecule has 3 nitrogen and oxygen atoms in total. The van der Waals surface area contributed by atoms with Crippen LogP contribution in [0.3, 0.4) is 0 Å². The molecule has 96 valence electrons. The van der Waals surface area contributed by atoms with Gasteiger partial charge in [0.15, 0.2) is 0 Å². The zero-order valence-corrected chi connectivity index (χ0v) is 10.6. The van der Waals surface area contributed by atoms with Crippen molar-refractivity contribution in [2.24, 2.45) is 0 Å². The number of carbonyl (C=O) groups excluding carboxylic acids is 1. The van der Waals surface area contributed by atoms with Crippen LogP contribution in [0.5, 0.6) is 0 Å². The van der Waals surface area contributed by atoms with E-state index in [9.17, 15) is 4.79 Å². The van der Waals surface area contributed by atoms with E-state index in [1.165, 1.54) is 5.56 Å². The van der Waals surface area contributed by atoms with Crippen LogP contribution in [0, 0.1) is 0 Å². The second-order valence-corrected chi connectivity index (χ2v) is 5.46. The van der Waals surface area contributed by atoms with E-state index >= 15 is 0 Å². The molecule has 1 amide bonds. The van der Waals surface area contributed by atoms with Crippen LogP contribution in [-0.4, -0.2) is 25.0 Å². The van der Waals surface area contributed by atoms with Gasteiger partial charge in [-0.1, -0.05) is 36.8 Å². The summed E-state index contributed by atoms with van der Waals surface area (Å²) in [7, 11) is 0. The number of benzene rings is 1. The third kappa shape index (κ3) is 1.93. The largest absolute Gasteiger partial charge is 0.351 e. The van der Waals surface area contributed by atoms with Crippen molar-refractivity contribution in [1.82, 2.24) is 10.6 Å². The van der Waals surface area contributed by atoms with Crippen LogP contribution in [0.25, 0.3) is 0 Å². The molecule has 2 fully saturated rings. The summed E-state index contributed by atoms with van der Waals surface area (Å²) in [4.78, 5) is 12.6. The molecule has 3 rings (SSSR count). The lowest BCUT2D eigenvalue weighted by molar-refractivity contribution is -0.130. The van der Waals surface area contributed by atoms with Crippen molar-refractivity contribution in [3.8, 4) is 0 Å². The van der Waals surface area contributed by atoms with Gasteiger partial charge in [-0.15, -0.1) is 0 Å². The van der Waals surface area contributed by atoms with E-state index in [0.29, 0.717) is 6.04 Å². The Balaban J connectivity index is 1.77. The Morgan fingerprint density at radius 2 is 2.06 bits per heavy atom. The SMILES string of the molecule is O=C(NC1CCNC1)C1(c2ccccc2)CCC1. The van der Waals surface area contributed by atoms with Gasteiger partial charge in [-0.2, -0.15) is 0 Å². The molecule has 1 atom stereocenters. The maximum atomic E-state index is 12.6. The zero-order chi connectivity index (χ0) is 12.4. The molecule has 1 unspecified atom stereocenters. The monoisotopic (exact) mass is 244 g/mol. The number of rotatable bonds is 3. The smallest absolute Gasteiger partial charge is 0.230 e. The summed E-state index contributed by atoms with van der Waals surface area (Å²) < 4.78 is 0. The minimum absolute atomic E-state index is 0.230. The van der Waals surface area contributed by atoms with Crippen molar-refractivity contribution in [2.45, 2.75) is 37.1 Å². The highest BCUT2D eigenvalue weighted by Gasteiger charge is 2.46. The lowest BCUT2D eigenvalue weighted by atomic mass is 9.63. The van der Waals surface area contributed by atoms with Gasteiger partial charge in [-0.25, -0.2) is 0 Å². The van der Waals surface area contributed by atoms with Crippen molar-refractivity contribution in [3.63, 3.8) is 0 Å². The van der Waals surface area contributed by atoms with Crippen LogP contribution in [0.2, 0.25) is 0 Å². The maximum Gasteiger partial charge on any atom is 0.230 e. The maximum absolute atomic E-state index is 12.6. The highest BCUT2D eigenvalue weighted by Crippen LogP contribution is 2.43. The van der Waals surface area contributed by atoms with Crippen molar-refractivity contribution in [3.05, 3.63) is 35.9 Å². The second-order valence-electron chi connectivity index (χ2n) is 5.46. The quantitative estimate of drug-likeness (QED) is 0.847. The van der Waals surface area contributed by atoms with Gasteiger partial charge in [0.1, 0.15) is 0 Å². The standard InChI is InChI=1S/C15H20N2O/c18-14(17-13-7-10-16-11-13)15(8-4-9-15)12-5-2-1-3-6-12/h1-3,5-6,13,16H,4,7-11H2,(H,17,18). The molecule has 0 bridgehead atoms. The zero-order valence-electron chi connectivity index (χ0n) is 10.6. The van der Waals surface area contributed by atoms with Crippen LogP contribution in [0.15, 0.2) is 30.3 Å². The van der Waals surface area contributed by atoms with Crippen molar-refractivity contribution >= 4 is 5.91 Å². The lowest BCUT2D eigenvalue weighted by Gasteiger charge is -2.41. The Labute approximate surface area is 108 Å². The van der Waals surface area contributed by atoms with E-state index in [-0.39, 0.29) is 11.3 Å². The van der Waals surface area contributed by atoms with Gasteiger partial charge in [0.05, 0.1) is 5.41 Å². The summed E-state index contributed by atoms with van der Waals surface area (Å²) in [5.41, 5.74) is 0.934. The lowest BCUT2D eigenvalue weighted by Crippen LogP contribution is -2.52. The van der Waals surface area contributed by atoms with Crippen LogP contribution in [0.1, 0.15) is 31.2 Å². The summed E-state index contributed by atoms with van der Waals surface area (Å²) in [6.07, 6.45) is 4.19. The van der Waals surface area contributed by atoms with Gasteiger partial charge in [-0.3, -0.25) is 4.79 Å². The van der Waals surface area contributed by atoms with Crippen LogP contribution >= 0.6 is 0 Å². The van der Waals surface area contributed by atoms with Crippen molar-refractivity contribution < 1.29 is 4.79 Å². The molecule has 1 aliphatic heterocycles.